The van der Waals surface area contributed by atoms with E-state index in [1.54, 1.807) is 0 Å². The Kier molecular flexibility index (Phi) is 3.56. The number of carbonyl (C=O) groups excluding carboxylic acids is 1. The number of hydrogen-bond donors (Lipinski definition) is 1. The molecule has 0 bridgehead atoms. The van der Waals surface area contributed by atoms with E-state index < -0.39 is 0 Å². The molecule has 3 rings (SSSR count). The molecule has 102 valence electrons. The number of benzene rings is 1. The predicted molar refractivity (Wildman–Crippen MR) is 76.1 cm³/mol. The van der Waals surface area contributed by atoms with Crippen molar-refractivity contribution in [1.29, 1.82) is 0 Å². The molecule has 2 aliphatic rings. The summed E-state index contributed by atoms with van der Waals surface area (Å²) in [4.78, 5) is 14.5. The Hall–Kier alpha value is -1.35. The maximum atomic E-state index is 12.5. The number of nitrogens with two attached hydrogens (primary N) is 1. The van der Waals surface area contributed by atoms with E-state index in [0.717, 1.165) is 44.5 Å². The van der Waals surface area contributed by atoms with Crippen molar-refractivity contribution in [2.45, 2.75) is 32.1 Å². The van der Waals surface area contributed by atoms with E-state index in [0.29, 0.717) is 5.92 Å². The molecule has 1 atom stereocenters. The summed E-state index contributed by atoms with van der Waals surface area (Å²) in [6, 6.07) is 6.26. The number of aryl methyl sites for hydroxylation is 2. The van der Waals surface area contributed by atoms with Crippen molar-refractivity contribution < 1.29 is 4.79 Å². The highest BCUT2D eigenvalue weighted by Crippen LogP contribution is 2.25. The molecule has 1 aliphatic carbocycles. The van der Waals surface area contributed by atoms with Gasteiger partial charge in [-0.15, -0.1) is 0 Å². The molecular formula is C16H22N2O. The van der Waals surface area contributed by atoms with Crippen LogP contribution in [-0.2, 0) is 12.8 Å². The third-order valence-electron chi connectivity index (χ3n) is 4.49. The van der Waals surface area contributed by atoms with Gasteiger partial charge in [-0.2, -0.15) is 0 Å². The molecule has 2 N–H and O–H groups in total. The van der Waals surface area contributed by atoms with Crippen molar-refractivity contribution in [2.24, 2.45) is 11.7 Å². The van der Waals surface area contributed by atoms with Crippen molar-refractivity contribution in [3.63, 3.8) is 0 Å². The van der Waals surface area contributed by atoms with Crippen LogP contribution in [0.15, 0.2) is 18.2 Å². The van der Waals surface area contributed by atoms with Crippen LogP contribution in [0, 0.1) is 5.92 Å². The normalized spacial score (nSPS) is 21.7. The molecule has 0 radical (unpaired) electrons. The monoisotopic (exact) mass is 258 g/mol. The smallest absolute Gasteiger partial charge is 0.253 e. The van der Waals surface area contributed by atoms with E-state index in [1.165, 1.54) is 24.0 Å². The number of likely N-dealkylation sites (tertiary alicyclic amines) is 1. The second kappa shape index (κ2) is 5.33. The summed E-state index contributed by atoms with van der Waals surface area (Å²) in [5.74, 6) is 0.803. The van der Waals surface area contributed by atoms with E-state index in [1.807, 2.05) is 11.0 Å². The number of fused-ring (bicyclic) bond motifs is 1. The Morgan fingerprint density at radius 1 is 1.32 bits per heavy atom. The second-order valence-electron chi connectivity index (χ2n) is 5.82. The van der Waals surface area contributed by atoms with Crippen molar-refractivity contribution in [3.8, 4) is 0 Å². The van der Waals surface area contributed by atoms with Gasteiger partial charge in [-0.05, 0) is 67.8 Å². The fourth-order valence-corrected chi connectivity index (χ4v) is 3.38. The van der Waals surface area contributed by atoms with E-state index >= 15 is 0 Å². The number of nitrogens with zero attached hydrogens (tertiary/aromatic N) is 1. The quantitative estimate of drug-likeness (QED) is 0.901. The first-order valence-corrected chi connectivity index (χ1v) is 7.39. The van der Waals surface area contributed by atoms with E-state index in [9.17, 15) is 4.79 Å². The molecule has 0 spiro atoms. The van der Waals surface area contributed by atoms with Crippen LogP contribution in [0.4, 0.5) is 0 Å². The molecule has 1 amide bonds. The van der Waals surface area contributed by atoms with E-state index in [2.05, 4.69) is 12.1 Å². The molecule has 1 aliphatic heterocycles. The van der Waals surface area contributed by atoms with Crippen LogP contribution in [0.2, 0.25) is 0 Å². The lowest BCUT2D eigenvalue weighted by molar-refractivity contribution is 0.0786. The lowest BCUT2D eigenvalue weighted by atomic mass is 10.0. The molecule has 1 fully saturated rings. The third-order valence-corrected chi connectivity index (χ3v) is 4.49. The first-order valence-electron chi connectivity index (χ1n) is 7.39. The van der Waals surface area contributed by atoms with Gasteiger partial charge in [-0.3, -0.25) is 4.79 Å². The molecule has 1 unspecified atom stereocenters. The Labute approximate surface area is 114 Å². The maximum Gasteiger partial charge on any atom is 0.253 e. The summed E-state index contributed by atoms with van der Waals surface area (Å²) in [6.07, 6.45) is 5.68. The van der Waals surface area contributed by atoms with Gasteiger partial charge in [0.15, 0.2) is 0 Å². The summed E-state index contributed by atoms with van der Waals surface area (Å²) in [5, 5.41) is 0. The van der Waals surface area contributed by atoms with Gasteiger partial charge >= 0.3 is 0 Å². The van der Waals surface area contributed by atoms with Gasteiger partial charge in [0.1, 0.15) is 0 Å². The van der Waals surface area contributed by atoms with Gasteiger partial charge in [-0.25, -0.2) is 0 Å². The second-order valence-corrected chi connectivity index (χ2v) is 5.82. The van der Waals surface area contributed by atoms with Gasteiger partial charge in [0.2, 0.25) is 0 Å². The Bertz CT molecular complexity index is 484. The zero-order chi connectivity index (χ0) is 13.2. The highest BCUT2D eigenvalue weighted by molar-refractivity contribution is 5.94. The van der Waals surface area contributed by atoms with Crippen LogP contribution in [0.25, 0.3) is 0 Å². The molecule has 3 heteroatoms. The van der Waals surface area contributed by atoms with Crippen LogP contribution >= 0.6 is 0 Å². The lowest BCUT2D eigenvalue weighted by Crippen LogP contribution is -2.29. The molecule has 1 aromatic carbocycles. The van der Waals surface area contributed by atoms with Gasteiger partial charge in [-0.1, -0.05) is 6.07 Å². The van der Waals surface area contributed by atoms with Crippen LogP contribution in [-0.4, -0.2) is 30.4 Å². The van der Waals surface area contributed by atoms with Crippen LogP contribution in [0.3, 0.4) is 0 Å². The van der Waals surface area contributed by atoms with Crippen molar-refractivity contribution in [2.75, 3.05) is 19.6 Å². The summed E-state index contributed by atoms with van der Waals surface area (Å²) in [7, 11) is 0. The van der Waals surface area contributed by atoms with E-state index in [-0.39, 0.29) is 5.91 Å². The number of hydrogen-bond acceptors (Lipinski definition) is 2. The molecule has 0 aromatic heterocycles. The van der Waals surface area contributed by atoms with Gasteiger partial charge in [0.05, 0.1) is 0 Å². The Morgan fingerprint density at radius 2 is 2.16 bits per heavy atom. The number of rotatable bonds is 3. The van der Waals surface area contributed by atoms with E-state index in [4.69, 9.17) is 5.73 Å². The fraction of sp³-hybridized carbons (Fsp3) is 0.562. The molecular weight excluding hydrogens is 236 g/mol. The minimum atomic E-state index is 0.203. The minimum absolute atomic E-state index is 0.203. The highest BCUT2D eigenvalue weighted by atomic mass is 16.2. The van der Waals surface area contributed by atoms with Crippen molar-refractivity contribution in [3.05, 3.63) is 34.9 Å². The number of amides is 1. The van der Waals surface area contributed by atoms with Gasteiger partial charge in [0.25, 0.3) is 5.91 Å². The summed E-state index contributed by atoms with van der Waals surface area (Å²) < 4.78 is 0. The molecule has 3 nitrogen and oxygen atoms in total. The molecule has 0 saturated carbocycles. The van der Waals surface area contributed by atoms with Crippen molar-refractivity contribution in [1.82, 2.24) is 4.90 Å². The summed E-state index contributed by atoms with van der Waals surface area (Å²) in [6.45, 7) is 2.50. The maximum absolute atomic E-state index is 12.5. The third kappa shape index (κ3) is 2.52. The SMILES string of the molecule is NCCC1CCN(C(=O)c2ccc3c(c2)CCC3)C1. The molecule has 1 aromatic rings. The average Bonchev–Trinajstić information content (AvgIpc) is 3.05. The standard InChI is InChI=1S/C16H22N2O/c17-8-6-12-7-9-18(11-12)16(19)15-5-4-13-2-1-3-14(13)10-15/h4-5,10,12H,1-3,6-9,11,17H2. The molecule has 19 heavy (non-hydrogen) atoms. The lowest BCUT2D eigenvalue weighted by Gasteiger charge is -2.17. The average molecular weight is 258 g/mol. The first-order chi connectivity index (χ1) is 9.28. The van der Waals surface area contributed by atoms with Crippen LogP contribution in [0.5, 0.6) is 0 Å². The largest absolute Gasteiger partial charge is 0.338 e. The van der Waals surface area contributed by atoms with Crippen LogP contribution < -0.4 is 5.73 Å². The first kappa shape index (κ1) is 12.7. The van der Waals surface area contributed by atoms with Crippen LogP contribution in [0.1, 0.15) is 40.7 Å². The van der Waals surface area contributed by atoms with Gasteiger partial charge < -0.3 is 10.6 Å². The Morgan fingerprint density at radius 3 is 3.00 bits per heavy atom. The zero-order valence-electron chi connectivity index (χ0n) is 11.4. The molecule has 1 saturated heterocycles. The minimum Gasteiger partial charge on any atom is -0.338 e. The topological polar surface area (TPSA) is 46.3 Å². The number of carbonyl (C=O) groups is 1. The van der Waals surface area contributed by atoms with Crippen molar-refractivity contribution >= 4 is 5.91 Å². The highest BCUT2D eigenvalue weighted by Gasteiger charge is 2.26. The zero-order valence-corrected chi connectivity index (χ0v) is 11.4. The molecule has 1 heterocycles. The summed E-state index contributed by atoms with van der Waals surface area (Å²) in [5.41, 5.74) is 9.28. The predicted octanol–water partition coefficient (Wildman–Crippen LogP) is 1.99. The fourth-order valence-electron chi connectivity index (χ4n) is 3.38. The summed E-state index contributed by atoms with van der Waals surface area (Å²) >= 11 is 0. The van der Waals surface area contributed by atoms with Gasteiger partial charge in [0, 0.05) is 18.7 Å². The Balaban J connectivity index is 1.71.